The summed E-state index contributed by atoms with van der Waals surface area (Å²) in [6.45, 7) is 0.363. The molecule has 0 bridgehead atoms. The molecule has 118 valence electrons. The fraction of sp³-hybridized carbons (Fsp3) is 0.235. The molecule has 0 saturated heterocycles. The zero-order valence-electron chi connectivity index (χ0n) is 12.6. The Morgan fingerprint density at radius 2 is 1.70 bits per heavy atom. The first-order valence-electron chi connectivity index (χ1n) is 7.56. The number of carbonyl (C=O) groups excluding carboxylic acids is 2. The second-order valence-corrected chi connectivity index (χ2v) is 5.47. The largest absolute Gasteiger partial charge is 0.332 e. The van der Waals surface area contributed by atoms with Crippen LogP contribution in [0.15, 0.2) is 48.7 Å². The zero-order chi connectivity index (χ0) is 16.1. The number of amides is 3. The highest BCUT2D eigenvalue weighted by molar-refractivity contribution is 5.94. The lowest BCUT2D eigenvalue weighted by Crippen LogP contribution is -2.28. The summed E-state index contributed by atoms with van der Waals surface area (Å²) in [5.41, 5.74) is 2.19. The van der Waals surface area contributed by atoms with Crippen LogP contribution in [0.2, 0.25) is 0 Å². The van der Waals surface area contributed by atoms with Crippen LogP contribution in [0, 0.1) is 5.92 Å². The number of urea groups is 1. The van der Waals surface area contributed by atoms with E-state index < -0.39 is 0 Å². The number of aromatic nitrogens is 1. The van der Waals surface area contributed by atoms with E-state index in [0.29, 0.717) is 12.2 Å². The zero-order valence-corrected chi connectivity index (χ0v) is 12.6. The van der Waals surface area contributed by atoms with E-state index >= 15 is 0 Å². The van der Waals surface area contributed by atoms with Gasteiger partial charge in [0, 0.05) is 23.5 Å². The lowest BCUT2D eigenvalue weighted by Gasteiger charge is -2.09. The lowest BCUT2D eigenvalue weighted by atomic mass is 10.2. The van der Waals surface area contributed by atoms with Gasteiger partial charge in [0.25, 0.3) is 0 Å². The van der Waals surface area contributed by atoms with Crippen LogP contribution in [0.4, 0.5) is 16.2 Å². The van der Waals surface area contributed by atoms with Gasteiger partial charge in [-0.25, -0.2) is 4.79 Å². The molecular formula is C17H18N4O2. The van der Waals surface area contributed by atoms with E-state index in [-0.39, 0.29) is 17.9 Å². The standard InChI is InChI=1S/C17H18N4O2/c22-16(12-4-5-12)20-13-6-8-14(9-7-13)21-17(23)19-11-15-3-1-2-10-18-15/h1-3,6-10,12H,4-5,11H2,(H,20,22)(H2,19,21,23). The number of hydrogen-bond donors (Lipinski definition) is 3. The molecule has 1 heterocycles. The summed E-state index contributed by atoms with van der Waals surface area (Å²) in [5.74, 6) is 0.240. The summed E-state index contributed by atoms with van der Waals surface area (Å²) >= 11 is 0. The molecule has 0 spiro atoms. The second-order valence-electron chi connectivity index (χ2n) is 5.47. The molecular weight excluding hydrogens is 292 g/mol. The predicted octanol–water partition coefficient (Wildman–Crippen LogP) is 2.75. The normalized spacial score (nSPS) is 13.2. The summed E-state index contributed by atoms with van der Waals surface area (Å²) in [7, 11) is 0. The summed E-state index contributed by atoms with van der Waals surface area (Å²) < 4.78 is 0. The van der Waals surface area contributed by atoms with Crippen LogP contribution in [0.25, 0.3) is 0 Å². The van der Waals surface area contributed by atoms with Gasteiger partial charge in [0.15, 0.2) is 0 Å². The van der Waals surface area contributed by atoms with Crippen molar-refractivity contribution in [2.45, 2.75) is 19.4 Å². The van der Waals surface area contributed by atoms with E-state index in [4.69, 9.17) is 0 Å². The monoisotopic (exact) mass is 310 g/mol. The first-order chi connectivity index (χ1) is 11.2. The third-order valence-corrected chi connectivity index (χ3v) is 3.51. The van der Waals surface area contributed by atoms with E-state index in [1.54, 1.807) is 30.5 Å². The number of hydrogen-bond acceptors (Lipinski definition) is 3. The van der Waals surface area contributed by atoms with Crippen LogP contribution in [0.1, 0.15) is 18.5 Å². The molecule has 2 aromatic rings. The highest BCUT2D eigenvalue weighted by Crippen LogP contribution is 2.30. The Morgan fingerprint density at radius 1 is 1.00 bits per heavy atom. The van der Waals surface area contributed by atoms with Crippen molar-refractivity contribution in [3.8, 4) is 0 Å². The molecule has 0 radical (unpaired) electrons. The van der Waals surface area contributed by atoms with Gasteiger partial charge in [-0.3, -0.25) is 9.78 Å². The maximum atomic E-state index is 11.8. The van der Waals surface area contributed by atoms with Crippen molar-refractivity contribution >= 4 is 23.3 Å². The minimum atomic E-state index is -0.301. The van der Waals surface area contributed by atoms with E-state index in [9.17, 15) is 9.59 Å². The van der Waals surface area contributed by atoms with E-state index in [2.05, 4.69) is 20.9 Å². The van der Waals surface area contributed by atoms with Crippen molar-refractivity contribution in [3.05, 3.63) is 54.4 Å². The van der Waals surface area contributed by atoms with Gasteiger partial charge < -0.3 is 16.0 Å². The van der Waals surface area contributed by atoms with Gasteiger partial charge >= 0.3 is 6.03 Å². The molecule has 1 aromatic carbocycles. The molecule has 6 heteroatoms. The molecule has 1 aliphatic carbocycles. The third-order valence-electron chi connectivity index (χ3n) is 3.51. The van der Waals surface area contributed by atoms with Gasteiger partial charge in [0.2, 0.25) is 5.91 Å². The Labute approximate surface area is 134 Å². The SMILES string of the molecule is O=C(NCc1ccccn1)Nc1ccc(NC(=O)C2CC2)cc1. The summed E-state index contributed by atoms with van der Waals surface area (Å²) in [6.07, 6.45) is 3.63. The average molecular weight is 310 g/mol. The number of anilines is 2. The molecule has 6 nitrogen and oxygen atoms in total. The summed E-state index contributed by atoms with van der Waals surface area (Å²) in [4.78, 5) is 27.6. The van der Waals surface area contributed by atoms with Crippen LogP contribution < -0.4 is 16.0 Å². The van der Waals surface area contributed by atoms with Crippen molar-refractivity contribution in [2.75, 3.05) is 10.6 Å². The Balaban J connectivity index is 1.47. The molecule has 0 unspecified atom stereocenters. The van der Waals surface area contributed by atoms with Gasteiger partial charge in [-0.1, -0.05) is 6.07 Å². The number of nitrogens with one attached hydrogen (secondary N) is 3. The van der Waals surface area contributed by atoms with Crippen LogP contribution >= 0.6 is 0 Å². The minimum Gasteiger partial charge on any atom is -0.332 e. The number of benzene rings is 1. The van der Waals surface area contributed by atoms with Crippen molar-refractivity contribution in [3.63, 3.8) is 0 Å². The first-order valence-corrected chi connectivity index (χ1v) is 7.56. The van der Waals surface area contributed by atoms with Gasteiger partial charge in [-0.2, -0.15) is 0 Å². The quantitative estimate of drug-likeness (QED) is 0.794. The van der Waals surface area contributed by atoms with Crippen LogP contribution in [0.5, 0.6) is 0 Å². The van der Waals surface area contributed by atoms with Crippen molar-refractivity contribution in [1.82, 2.24) is 10.3 Å². The Morgan fingerprint density at radius 3 is 2.30 bits per heavy atom. The maximum Gasteiger partial charge on any atom is 0.319 e. The van der Waals surface area contributed by atoms with Gasteiger partial charge in [0.1, 0.15) is 0 Å². The second kappa shape index (κ2) is 6.91. The molecule has 3 amide bonds. The lowest BCUT2D eigenvalue weighted by molar-refractivity contribution is -0.117. The van der Waals surface area contributed by atoms with Crippen molar-refractivity contribution in [1.29, 1.82) is 0 Å². The molecule has 1 saturated carbocycles. The average Bonchev–Trinajstić information content (AvgIpc) is 3.41. The smallest absolute Gasteiger partial charge is 0.319 e. The summed E-state index contributed by atoms with van der Waals surface area (Å²) in [6, 6.07) is 12.3. The van der Waals surface area contributed by atoms with Crippen LogP contribution in [-0.4, -0.2) is 16.9 Å². The fourth-order valence-corrected chi connectivity index (χ4v) is 2.08. The van der Waals surface area contributed by atoms with Crippen molar-refractivity contribution < 1.29 is 9.59 Å². The van der Waals surface area contributed by atoms with Gasteiger partial charge in [-0.15, -0.1) is 0 Å². The third kappa shape index (κ3) is 4.54. The predicted molar refractivity (Wildman–Crippen MR) is 87.9 cm³/mol. The Kier molecular flexibility index (Phi) is 4.52. The molecule has 0 aliphatic heterocycles. The molecule has 3 N–H and O–H groups in total. The number of nitrogens with zero attached hydrogens (tertiary/aromatic N) is 1. The van der Waals surface area contributed by atoms with E-state index in [1.807, 2.05) is 18.2 Å². The molecule has 0 atom stereocenters. The minimum absolute atomic E-state index is 0.0683. The fourth-order valence-electron chi connectivity index (χ4n) is 2.08. The van der Waals surface area contributed by atoms with E-state index in [0.717, 1.165) is 24.2 Å². The number of carbonyl (C=O) groups is 2. The highest BCUT2D eigenvalue weighted by atomic mass is 16.2. The number of rotatable bonds is 5. The van der Waals surface area contributed by atoms with Crippen molar-refractivity contribution in [2.24, 2.45) is 5.92 Å². The Bertz CT molecular complexity index is 681. The van der Waals surface area contributed by atoms with Gasteiger partial charge in [-0.05, 0) is 49.2 Å². The molecule has 1 aliphatic rings. The topological polar surface area (TPSA) is 83.1 Å². The highest BCUT2D eigenvalue weighted by Gasteiger charge is 2.29. The maximum absolute atomic E-state index is 11.8. The van der Waals surface area contributed by atoms with Crippen LogP contribution in [0.3, 0.4) is 0 Å². The molecule has 1 aromatic heterocycles. The van der Waals surface area contributed by atoms with Crippen LogP contribution in [-0.2, 0) is 11.3 Å². The molecule has 3 rings (SSSR count). The Hall–Kier alpha value is -2.89. The number of pyridine rings is 1. The molecule has 23 heavy (non-hydrogen) atoms. The summed E-state index contributed by atoms with van der Waals surface area (Å²) in [5, 5.41) is 8.33. The first kappa shape index (κ1) is 15.0. The van der Waals surface area contributed by atoms with Gasteiger partial charge in [0.05, 0.1) is 12.2 Å². The van der Waals surface area contributed by atoms with E-state index in [1.165, 1.54) is 0 Å². The molecule has 1 fully saturated rings.